The van der Waals surface area contributed by atoms with Gasteiger partial charge in [0.15, 0.2) is 5.76 Å². The van der Waals surface area contributed by atoms with Crippen LogP contribution in [0.25, 0.3) is 0 Å². The summed E-state index contributed by atoms with van der Waals surface area (Å²) in [7, 11) is 3.29. The number of aromatic carboxylic acids is 1. The first-order chi connectivity index (χ1) is 20.1. The van der Waals surface area contributed by atoms with Gasteiger partial charge in [0.25, 0.3) is 0 Å². The second kappa shape index (κ2) is 27.0. The normalized spacial score (nSPS) is 12.1. The summed E-state index contributed by atoms with van der Waals surface area (Å²) in [5, 5.41) is 9.05. The average Bonchev–Trinajstić information content (AvgIpc) is 3.47. The Bertz CT molecular complexity index is 754. The van der Waals surface area contributed by atoms with Gasteiger partial charge in [-0.15, -0.1) is 0 Å². The van der Waals surface area contributed by atoms with Crippen LogP contribution >= 0.6 is 0 Å². The van der Waals surface area contributed by atoms with Crippen molar-refractivity contribution in [3.63, 3.8) is 0 Å². The highest BCUT2D eigenvalue weighted by molar-refractivity contribution is 5.96. The van der Waals surface area contributed by atoms with Gasteiger partial charge in [-0.25, -0.2) is 4.79 Å². The molecule has 0 saturated heterocycles. The Morgan fingerprint density at radius 1 is 0.585 bits per heavy atom. The maximum absolute atomic E-state index is 12.9. The quantitative estimate of drug-likeness (QED) is 0.0999. The molecule has 0 fully saturated rings. The molecule has 1 heterocycles. The lowest BCUT2D eigenvalue weighted by Gasteiger charge is -2.14. The molecule has 12 heteroatoms. The van der Waals surface area contributed by atoms with E-state index < -0.39 is 5.97 Å². The number of carbonyl (C=O) groups excluding carboxylic acids is 1. The van der Waals surface area contributed by atoms with Crippen molar-refractivity contribution in [1.82, 2.24) is 0 Å². The molecule has 0 aliphatic heterocycles. The molecule has 0 aliphatic rings. The number of hydrogen-bond donors (Lipinski definition) is 1. The van der Waals surface area contributed by atoms with Crippen LogP contribution < -0.4 is 0 Å². The van der Waals surface area contributed by atoms with Gasteiger partial charge in [0.05, 0.1) is 79.3 Å². The van der Waals surface area contributed by atoms with Gasteiger partial charge in [-0.2, -0.15) is 0 Å². The van der Waals surface area contributed by atoms with E-state index in [0.29, 0.717) is 105 Å². The SMILES string of the molecule is COCCCCC(CCCCOCCOCCOCCOCCOCCOCCOC)C(=O)c1ccc(C(=O)O)o1. The van der Waals surface area contributed by atoms with E-state index in [2.05, 4.69) is 0 Å². The van der Waals surface area contributed by atoms with E-state index in [4.69, 9.17) is 47.4 Å². The molecule has 0 radical (unpaired) electrons. The summed E-state index contributed by atoms with van der Waals surface area (Å²) >= 11 is 0. The van der Waals surface area contributed by atoms with Crippen molar-refractivity contribution in [2.75, 3.05) is 107 Å². The minimum atomic E-state index is -1.19. The molecular weight excluding hydrogens is 540 g/mol. The minimum absolute atomic E-state index is 0.102. The van der Waals surface area contributed by atoms with Crippen molar-refractivity contribution in [2.24, 2.45) is 5.92 Å². The highest BCUT2D eigenvalue weighted by atomic mass is 16.6. The first-order valence-electron chi connectivity index (χ1n) is 14.4. The Labute approximate surface area is 243 Å². The Kier molecular flexibility index (Phi) is 24.4. The molecule has 1 rings (SSSR count). The number of ketones is 1. The third-order valence-electron chi connectivity index (χ3n) is 5.96. The van der Waals surface area contributed by atoms with E-state index in [-0.39, 0.29) is 23.2 Å². The number of rotatable bonds is 31. The Morgan fingerprint density at radius 2 is 0.976 bits per heavy atom. The van der Waals surface area contributed by atoms with Crippen molar-refractivity contribution in [3.8, 4) is 0 Å². The van der Waals surface area contributed by atoms with Crippen molar-refractivity contribution >= 4 is 11.8 Å². The highest BCUT2D eigenvalue weighted by Crippen LogP contribution is 2.23. The first-order valence-corrected chi connectivity index (χ1v) is 14.4. The maximum Gasteiger partial charge on any atom is 0.371 e. The summed E-state index contributed by atoms with van der Waals surface area (Å²) in [5.74, 6) is -1.68. The Hall–Kier alpha value is -1.90. The predicted octanol–water partition coefficient (Wildman–Crippen LogP) is 3.51. The zero-order chi connectivity index (χ0) is 29.8. The zero-order valence-electron chi connectivity index (χ0n) is 24.8. The van der Waals surface area contributed by atoms with Crippen LogP contribution in [0.1, 0.15) is 59.6 Å². The standard InChI is InChI=1S/C29H50O12/c1-33-11-5-3-7-25(28(30)26-9-10-27(41-26)29(31)32)8-4-6-12-35-15-16-37-19-20-39-23-24-40-22-21-38-18-17-36-14-13-34-2/h9-10,25H,3-8,11-24H2,1-2H3,(H,31,32). The number of hydrogen-bond acceptors (Lipinski definition) is 11. The fraction of sp³-hybridized carbons (Fsp3) is 0.793. The highest BCUT2D eigenvalue weighted by Gasteiger charge is 2.23. The summed E-state index contributed by atoms with van der Waals surface area (Å²) in [6.07, 6.45) is 4.74. The third kappa shape index (κ3) is 20.6. The molecule has 1 atom stereocenters. The van der Waals surface area contributed by atoms with Crippen molar-refractivity contribution in [3.05, 3.63) is 23.7 Å². The number of methoxy groups -OCH3 is 2. The van der Waals surface area contributed by atoms with Crippen LogP contribution in [0.3, 0.4) is 0 Å². The molecule has 12 nitrogen and oxygen atoms in total. The van der Waals surface area contributed by atoms with Crippen LogP contribution in [0.2, 0.25) is 0 Å². The topological polar surface area (TPSA) is 141 Å². The first kappa shape index (κ1) is 37.1. The van der Waals surface area contributed by atoms with Gasteiger partial charge in [-0.05, 0) is 37.8 Å². The molecule has 1 N–H and O–H groups in total. The van der Waals surface area contributed by atoms with E-state index in [9.17, 15) is 9.59 Å². The lowest BCUT2D eigenvalue weighted by molar-refractivity contribution is -0.0192. The average molecular weight is 591 g/mol. The van der Waals surface area contributed by atoms with Crippen LogP contribution in [0, 0.1) is 5.92 Å². The summed E-state index contributed by atoms with van der Waals surface area (Å²) < 4.78 is 47.9. The van der Waals surface area contributed by atoms with Crippen LogP contribution in [-0.2, 0) is 37.9 Å². The molecule has 0 bridgehead atoms. The van der Waals surface area contributed by atoms with Crippen LogP contribution in [0.15, 0.2) is 16.5 Å². The largest absolute Gasteiger partial charge is 0.475 e. The lowest BCUT2D eigenvalue weighted by Crippen LogP contribution is -2.15. The van der Waals surface area contributed by atoms with E-state index >= 15 is 0 Å². The van der Waals surface area contributed by atoms with Crippen LogP contribution in [0.5, 0.6) is 0 Å². The van der Waals surface area contributed by atoms with Gasteiger partial charge in [0.2, 0.25) is 11.5 Å². The Morgan fingerprint density at radius 3 is 1.39 bits per heavy atom. The van der Waals surface area contributed by atoms with Crippen molar-refractivity contribution in [1.29, 1.82) is 0 Å². The molecule has 1 unspecified atom stereocenters. The fourth-order valence-electron chi connectivity index (χ4n) is 3.77. The monoisotopic (exact) mass is 590 g/mol. The number of carbonyl (C=O) groups is 2. The smallest absolute Gasteiger partial charge is 0.371 e. The third-order valence-corrected chi connectivity index (χ3v) is 5.96. The predicted molar refractivity (Wildman–Crippen MR) is 150 cm³/mol. The van der Waals surface area contributed by atoms with Gasteiger partial charge in [0, 0.05) is 33.4 Å². The van der Waals surface area contributed by atoms with Gasteiger partial charge in [-0.3, -0.25) is 4.79 Å². The molecule has 41 heavy (non-hydrogen) atoms. The van der Waals surface area contributed by atoms with Gasteiger partial charge < -0.3 is 47.4 Å². The second-order valence-electron chi connectivity index (χ2n) is 9.18. The number of Topliss-reactive ketones (excluding diaryl/α,β-unsaturated/α-hetero) is 1. The lowest BCUT2D eigenvalue weighted by atomic mass is 9.90. The molecule has 0 saturated carbocycles. The summed E-state index contributed by atoms with van der Waals surface area (Å²) in [4.78, 5) is 24.0. The van der Waals surface area contributed by atoms with Gasteiger partial charge in [-0.1, -0.05) is 12.8 Å². The van der Waals surface area contributed by atoms with Gasteiger partial charge in [0.1, 0.15) is 0 Å². The second-order valence-corrected chi connectivity index (χ2v) is 9.18. The molecule has 238 valence electrons. The van der Waals surface area contributed by atoms with E-state index in [0.717, 1.165) is 25.7 Å². The van der Waals surface area contributed by atoms with E-state index in [1.54, 1.807) is 14.2 Å². The fourth-order valence-corrected chi connectivity index (χ4v) is 3.77. The summed E-state index contributed by atoms with van der Waals surface area (Å²) in [5.41, 5.74) is 0. The molecular formula is C29H50O12. The van der Waals surface area contributed by atoms with Crippen LogP contribution in [-0.4, -0.2) is 124 Å². The summed E-state index contributed by atoms with van der Waals surface area (Å²) in [6, 6.07) is 2.76. The Balaban J connectivity index is 1.98. The van der Waals surface area contributed by atoms with E-state index in [1.165, 1.54) is 12.1 Å². The van der Waals surface area contributed by atoms with Crippen molar-refractivity contribution in [2.45, 2.75) is 38.5 Å². The number of unbranched alkanes of at least 4 members (excludes halogenated alkanes) is 2. The molecule has 0 aliphatic carbocycles. The summed E-state index contributed by atoms with van der Waals surface area (Å²) in [6.45, 7) is 7.43. The van der Waals surface area contributed by atoms with E-state index in [1.807, 2.05) is 0 Å². The number of carboxylic acid groups (broad SMARTS) is 1. The maximum atomic E-state index is 12.9. The minimum Gasteiger partial charge on any atom is -0.475 e. The number of ether oxygens (including phenoxy) is 8. The molecule has 0 amide bonds. The van der Waals surface area contributed by atoms with Gasteiger partial charge >= 0.3 is 5.97 Å². The molecule has 1 aromatic heterocycles. The number of furan rings is 1. The molecule has 0 spiro atoms. The zero-order valence-corrected chi connectivity index (χ0v) is 24.8. The van der Waals surface area contributed by atoms with Crippen molar-refractivity contribution < 1.29 is 57.0 Å². The molecule has 1 aromatic rings. The number of carboxylic acids is 1. The molecule has 0 aromatic carbocycles. The van der Waals surface area contributed by atoms with Crippen LogP contribution in [0.4, 0.5) is 0 Å².